The Morgan fingerprint density at radius 1 is 1.10 bits per heavy atom. The minimum atomic E-state index is -4.44. The van der Waals surface area contributed by atoms with Gasteiger partial charge in [-0.3, -0.25) is 4.90 Å². The Balaban J connectivity index is 1.32. The van der Waals surface area contributed by atoms with Gasteiger partial charge in [-0.25, -0.2) is 0 Å². The molecule has 30 heavy (non-hydrogen) atoms. The average Bonchev–Trinajstić information content (AvgIpc) is 3.14. The van der Waals surface area contributed by atoms with Crippen LogP contribution in [0.25, 0.3) is 10.9 Å². The van der Waals surface area contributed by atoms with Gasteiger partial charge in [0, 0.05) is 36.1 Å². The van der Waals surface area contributed by atoms with Crippen molar-refractivity contribution in [3.63, 3.8) is 0 Å². The number of rotatable bonds is 6. The number of aryl methyl sites for hydroxylation is 1. The van der Waals surface area contributed by atoms with Gasteiger partial charge in [0.25, 0.3) is 0 Å². The molecule has 1 N–H and O–H groups in total. The summed E-state index contributed by atoms with van der Waals surface area (Å²) in [6, 6.07) is 12.6. The van der Waals surface area contributed by atoms with E-state index < -0.39 is 11.7 Å². The van der Waals surface area contributed by atoms with Crippen LogP contribution in [0.1, 0.15) is 35.4 Å². The van der Waals surface area contributed by atoms with Crippen LogP contribution < -0.4 is 0 Å². The van der Waals surface area contributed by atoms with Crippen molar-refractivity contribution in [2.24, 2.45) is 0 Å². The lowest BCUT2D eigenvalue weighted by molar-refractivity contribution is -0.137. The predicted molar refractivity (Wildman–Crippen MR) is 116 cm³/mol. The first-order chi connectivity index (χ1) is 14.4. The third-order valence-electron chi connectivity index (χ3n) is 5.76. The Kier molecular flexibility index (Phi) is 6.21. The summed E-state index contributed by atoms with van der Waals surface area (Å²) in [6.45, 7) is 2.49. The molecular formula is C24H24ClF3N2. The second kappa shape index (κ2) is 8.86. The van der Waals surface area contributed by atoms with E-state index in [9.17, 15) is 13.2 Å². The molecule has 0 aliphatic carbocycles. The van der Waals surface area contributed by atoms with E-state index in [1.54, 1.807) is 6.07 Å². The molecule has 1 atom stereocenters. The number of halogens is 4. The Morgan fingerprint density at radius 3 is 2.77 bits per heavy atom. The van der Waals surface area contributed by atoms with Gasteiger partial charge in [0.15, 0.2) is 0 Å². The number of H-pyrrole nitrogens is 1. The van der Waals surface area contributed by atoms with Gasteiger partial charge in [-0.1, -0.05) is 48.0 Å². The molecule has 3 aromatic rings. The van der Waals surface area contributed by atoms with Gasteiger partial charge >= 0.3 is 6.18 Å². The number of fused-ring (bicyclic) bond motifs is 1. The lowest BCUT2D eigenvalue weighted by Crippen LogP contribution is -2.32. The van der Waals surface area contributed by atoms with Crippen molar-refractivity contribution in [1.29, 1.82) is 0 Å². The lowest BCUT2D eigenvalue weighted by atomic mass is 9.94. The van der Waals surface area contributed by atoms with Gasteiger partial charge in [0.2, 0.25) is 0 Å². The number of aromatic amines is 1. The van der Waals surface area contributed by atoms with Gasteiger partial charge in [-0.2, -0.15) is 13.2 Å². The first-order valence-electron chi connectivity index (χ1n) is 10.2. The number of hydrogen-bond acceptors (Lipinski definition) is 1. The fourth-order valence-electron chi connectivity index (χ4n) is 4.17. The highest BCUT2D eigenvalue weighted by Gasteiger charge is 2.34. The molecule has 0 saturated carbocycles. The maximum absolute atomic E-state index is 13.2. The molecule has 0 spiro atoms. The second-order valence-electron chi connectivity index (χ2n) is 7.85. The van der Waals surface area contributed by atoms with E-state index in [-0.39, 0.29) is 10.9 Å². The molecule has 0 radical (unpaired) electrons. The van der Waals surface area contributed by atoms with Crippen molar-refractivity contribution in [3.05, 3.63) is 82.5 Å². The molecule has 1 unspecified atom stereocenters. The molecule has 4 rings (SSSR count). The van der Waals surface area contributed by atoms with Crippen molar-refractivity contribution >= 4 is 22.5 Å². The maximum Gasteiger partial charge on any atom is 0.417 e. The topological polar surface area (TPSA) is 19.0 Å². The highest BCUT2D eigenvalue weighted by molar-refractivity contribution is 6.31. The first-order valence-corrected chi connectivity index (χ1v) is 10.6. The van der Waals surface area contributed by atoms with E-state index in [2.05, 4.69) is 40.4 Å². The van der Waals surface area contributed by atoms with Gasteiger partial charge in [-0.05, 0) is 55.1 Å². The summed E-state index contributed by atoms with van der Waals surface area (Å²) in [4.78, 5) is 5.62. The van der Waals surface area contributed by atoms with E-state index in [0.717, 1.165) is 44.4 Å². The summed E-state index contributed by atoms with van der Waals surface area (Å²) in [5.74, 6) is -0.0502. The van der Waals surface area contributed by atoms with E-state index in [0.29, 0.717) is 5.56 Å². The number of nitrogens with one attached hydrogen (secondary N) is 1. The third-order valence-corrected chi connectivity index (χ3v) is 6.09. The van der Waals surface area contributed by atoms with Gasteiger partial charge < -0.3 is 4.98 Å². The Bertz CT molecular complexity index is 1040. The van der Waals surface area contributed by atoms with Crippen LogP contribution in [0.3, 0.4) is 0 Å². The number of hydrogen-bond donors (Lipinski definition) is 1. The average molecular weight is 433 g/mol. The smallest absolute Gasteiger partial charge is 0.361 e. The Labute approximate surface area is 179 Å². The third kappa shape index (κ3) is 4.73. The van der Waals surface area contributed by atoms with Gasteiger partial charge in [-0.15, -0.1) is 0 Å². The zero-order chi connectivity index (χ0) is 21.1. The lowest BCUT2D eigenvalue weighted by Gasteiger charge is -2.29. The molecule has 2 aromatic carbocycles. The van der Waals surface area contributed by atoms with E-state index >= 15 is 0 Å². The molecule has 1 aromatic heterocycles. The number of para-hydroxylation sites is 1. The summed E-state index contributed by atoms with van der Waals surface area (Å²) in [5, 5.41) is 1.03. The van der Waals surface area contributed by atoms with E-state index in [1.807, 2.05) is 12.1 Å². The molecule has 6 heteroatoms. The number of aromatic nitrogens is 1. The van der Waals surface area contributed by atoms with Crippen LogP contribution in [0.5, 0.6) is 0 Å². The zero-order valence-electron chi connectivity index (χ0n) is 16.6. The predicted octanol–water partition coefficient (Wildman–Crippen LogP) is 6.82. The zero-order valence-corrected chi connectivity index (χ0v) is 17.3. The van der Waals surface area contributed by atoms with Crippen molar-refractivity contribution in [1.82, 2.24) is 9.88 Å². The highest BCUT2D eigenvalue weighted by Crippen LogP contribution is 2.37. The van der Waals surface area contributed by atoms with Crippen molar-refractivity contribution in [2.75, 3.05) is 19.6 Å². The molecule has 1 aliphatic heterocycles. The van der Waals surface area contributed by atoms with Crippen molar-refractivity contribution in [3.8, 4) is 0 Å². The number of alkyl halides is 3. The summed E-state index contributed by atoms with van der Waals surface area (Å²) in [6.07, 6.45) is 4.85. The monoisotopic (exact) mass is 432 g/mol. The Morgan fingerprint density at radius 2 is 1.93 bits per heavy atom. The summed E-state index contributed by atoms with van der Waals surface area (Å²) < 4.78 is 39.5. The highest BCUT2D eigenvalue weighted by atomic mass is 35.5. The maximum atomic E-state index is 13.2. The normalized spacial score (nSPS) is 17.7. The Hall–Kier alpha value is -2.24. The van der Waals surface area contributed by atoms with Crippen LogP contribution in [0.15, 0.2) is 60.8 Å². The fourth-order valence-corrected chi connectivity index (χ4v) is 4.39. The van der Waals surface area contributed by atoms with Crippen molar-refractivity contribution in [2.45, 2.75) is 31.4 Å². The quantitative estimate of drug-likeness (QED) is 0.334. The summed E-state index contributed by atoms with van der Waals surface area (Å²) >= 11 is 5.76. The standard InChI is InChI=1S/C24H24ClF3N2/c25-22-11-10-17(14-21(22)24(26,27)28)19-7-5-13-30(16-19)12-4-3-6-18-15-29-23-9-2-1-8-20(18)23/h1-2,5,7-11,14-15,19,29H,3-4,6,12-13,16H2. The minimum absolute atomic E-state index is 0.0502. The largest absolute Gasteiger partial charge is 0.417 e. The van der Waals surface area contributed by atoms with Crippen LogP contribution in [0.4, 0.5) is 13.2 Å². The molecular weight excluding hydrogens is 409 g/mol. The van der Waals surface area contributed by atoms with E-state index in [4.69, 9.17) is 11.6 Å². The molecule has 158 valence electrons. The summed E-state index contributed by atoms with van der Waals surface area (Å²) in [5.41, 5.74) is 2.40. The number of unbranched alkanes of at least 4 members (excludes halogenated alkanes) is 1. The number of benzene rings is 2. The fraction of sp³-hybridized carbons (Fsp3) is 0.333. The number of nitrogens with zero attached hydrogens (tertiary/aromatic N) is 1. The molecule has 0 amide bonds. The van der Waals surface area contributed by atoms with Gasteiger partial charge in [0.1, 0.15) is 0 Å². The minimum Gasteiger partial charge on any atom is -0.361 e. The van der Waals surface area contributed by atoms with Crippen LogP contribution in [0.2, 0.25) is 5.02 Å². The second-order valence-corrected chi connectivity index (χ2v) is 8.26. The molecule has 1 aliphatic rings. The van der Waals surface area contributed by atoms with E-state index in [1.165, 1.54) is 23.1 Å². The van der Waals surface area contributed by atoms with Gasteiger partial charge in [0.05, 0.1) is 10.6 Å². The molecule has 2 nitrogen and oxygen atoms in total. The van der Waals surface area contributed by atoms with Crippen LogP contribution in [0, 0.1) is 0 Å². The van der Waals surface area contributed by atoms with Crippen LogP contribution in [-0.4, -0.2) is 29.5 Å². The molecule has 0 fully saturated rings. The summed E-state index contributed by atoms with van der Waals surface area (Å²) in [7, 11) is 0. The van der Waals surface area contributed by atoms with Crippen LogP contribution in [-0.2, 0) is 12.6 Å². The first kappa shape index (κ1) is 21.0. The van der Waals surface area contributed by atoms with Crippen LogP contribution >= 0.6 is 11.6 Å². The molecule has 2 heterocycles. The SMILES string of the molecule is FC(F)(F)c1cc(C2C=CCN(CCCCc3c[nH]c4ccccc34)C2)ccc1Cl. The molecule has 0 saturated heterocycles. The van der Waals surface area contributed by atoms with Crippen molar-refractivity contribution < 1.29 is 13.2 Å². The molecule has 0 bridgehead atoms.